The van der Waals surface area contributed by atoms with Gasteiger partial charge in [0.15, 0.2) is 0 Å². The van der Waals surface area contributed by atoms with Crippen molar-refractivity contribution in [3.8, 4) is 0 Å². The van der Waals surface area contributed by atoms with E-state index in [2.05, 4.69) is 37.3 Å². The molecule has 0 aliphatic carbocycles. The van der Waals surface area contributed by atoms with Crippen LogP contribution in [0.2, 0.25) is 0 Å². The Labute approximate surface area is 226 Å². The van der Waals surface area contributed by atoms with E-state index >= 15 is 0 Å². The fourth-order valence-electron chi connectivity index (χ4n) is 5.01. The van der Waals surface area contributed by atoms with Gasteiger partial charge >= 0.3 is 0 Å². The molecule has 3 aromatic carbocycles. The monoisotopic (exact) mass is 521 g/mol. The van der Waals surface area contributed by atoms with E-state index in [1.54, 1.807) is 18.1 Å². The Morgan fingerprint density at radius 2 is 1.85 bits per heavy atom. The summed E-state index contributed by atoms with van der Waals surface area (Å²) >= 11 is 0. The first-order valence-electron chi connectivity index (χ1n) is 13.1. The van der Waals surface area contributed by atoms with E-state index in [-0.39, 0.29) is 5.91 Å². The number of hydrogen-bond donors (Lipinski definition) is 2. The van der Waals surface area contributed by atoms with Crippen LogP contribution >= 0.6 is 0 Å². The predicted molar refractivity (Wildman–Crippen MR) is 154 cm³/mol. The van der Waals surface area contributed by atoms with Crippen molar-refractivity contribution in [3.63, 3.8) is 0 Å². The van der Waals surface area contributed by atoms with E-state index in [0.29, 0.717) is 22.7 Å². The van der Waals surface area contributed by atoms with Gasteiger partial charge in [-0.1, -0.05) is 30.3 Å². The van der Waals surface area contributed by atoms with Gasteiger partial charge in [0.05, 0.1) is 29.8 Å². The van der Waals surface area contributed by atoms with Gasteiger partial charge in [-0.2, -0.15) is 0 Å². The number of fused-ring (bicyclic) bond motifs is 2. The molecule has 0 bridgehead atoms. The predicted octanol–water partition coefficient (Wildman–Crippen LogP) is 4.98. The lowest BCUT2D eigenvalue weighted by molar-refractivity contribution is 0.0342. The molecule has 0 spiro atoms. The maximum atomic E-state index is 13.8. The number of benzene rings is 3. The highest BCUT2D eigenvalue weighted by atomic mass is 16.5. The second-order valence-electron chi connectivity index (χ2n) is 9.99. The zero-order valence-corrected chi connectivity index (χ0v) is 22.4. The number of rotatable bonds is 6. The summed E-state index contributed by atoms with van der Waals surface area (Å²) in [6.07, 6.45) is 1.80. The molecule has 2 N–H and O–H groups in total. The average molecular weight is 522 g/mol. The Hall–Kier alpha value is -4.34. The summed E-state index contributed by atoms with van der Waals surface area (Å²) in [6.45, 7) is 8.21. The maximum absolute atomic E-state index is 13.8. The zero-order chi connectivity index (χ0) is 26.9. The van der Waals surface area contributed by atoms with Crippen LogP contribution in [-0.4, -0.2) is 64.1 Å². The van der Waals surface area contributed by atoms with Crippen molar-refractivity contribution in [2.75, 3.05) is 43.6 Å². The molecule has 198 valence electrons. The third-order valence-electron chi connectivity index (χ3n) is 7.14. The molecule has 2 aromatic heterocycles. The van der Waals surface area contributed by atoms with Gasteiger partial charge in [-0.3, -0.25) is 9.69 Å². The van der Waals surface area contributed by atoms with E-state index in [1.165, 1.54) is 5.56 Å². The van der Waals surface area contributed by atoms with Gasteiger partial charge < -0.3 is 19.9 Å². The molecule has 9 heteroatoms. The van der Waals surface area contributed by atoms with Crippen molar-refractivity contribution in [2.24, 2.45) is 0 Å². The van der Waals surface area contributed by atoms with Crippen molar-refractivity contribution < 1.29 is 9.53 Å². The molecule has 1 aliphatic rings. The van der Waals surface area contributed by atoms with E-state index < -0.39 is 0 Å². The molecule has 9 nitrogen and oxygen atoms in total. The van der Waals surface area contributed by atoms with Crippen molar-refractivity contribution in [1.82, 2.24) is 24.8 Å². The highest BCUT2D eigenvalue weighted by Gasteiger charge is 2.20. The third-order valence-corrected chi connectivity index (χ3v) is 7.14. The number of morpholine rings is 1. The van der Waals surface area contributed by atoms with Gasteiger partial charge in [0, 0.05) is 49.6 Å². The zero-order valence-electron chi connectivity index (χ0n) is 22.4. The number of aromatic nitrogens is 4. The first kappa shape index (κ1) is 25.0. The van der Waals surface area contributed by atoms with Crippen LogP contribution in [0, 0.1) is 13.8 Å². The molecule has 0 atom stereocenters. The molecule has 3 heterocycles. The third kappa shape index (κ3) is 5.19. The summed E-state index contributed by atoms with van der Waals surface area (Å²) in [4.78, 5) is 34.9. The quantitative estimate of drug-likeness (QED) is 0.325. The van der Waals surface area contributed by atoms with Gasteiger partial charge in [-0.25, -0.2) is 15.0 Å². The molecule has 0 radical (unpaired) electrons. The minimum atomic E-state index is -0.147. The van der Waals surface area contributed by atoms with E-state index in [1.807, 2.05) is 56.3 Å². The number of ether oxygens (including phenoxy) is 1. The van der Waals surface area contributed by atoms with E-state index in [4.69, 9.17) is 9.72 Å². The number of carbonyl (C=O) groups is 1. The fourth-order valence-corrected chi connectivity index (χ4v) is 5.01. The first-order valence-corrected chi connectivity index (χ1v) is 13.1. The highest BCUT2D eigenvalue weighted by Crippen LogP contribution is 2.27. The minimum absolute atomic E-state index is 0.147. The number of amides is 1. The molecule has 1 saturated heterocycles. The summed E-state index contributed by atoms with van der Waals surface area (Å²) < 4.78 is 5.45. The summed E-state index contributed by atoms with van der Waals surface area (Å²) in [7, 11) is 1.79. The van der Waals surface area contributed by atoms with Gasteiger partial charge in [0.2, 0.25) is 5.95 Å². The Morgan fingerprint density at radius 3 is 2.64 bits per heavy atom. The summed E-state index contributed by atoms with van der Waals surface area (Å²) in [6, 6.07) is 17.9. The topological polar surface area (TPSA) is 99.3 Å². The normalized spacial score (nSPS) is 14.1. The SMILES string of the molecule is Cc1nc2c(C(=O)N(C)c3ccc(CN4CCOCC4)cc3)cc(Nc3ncc4cccc(C)c4n3)cc2[nH]1. The molecule has 1 aliphatic heterocycles. The molecular weight excluding hydrogens is 490 g/mol. The molecule has 1 fully saturated rings. The fraction of sp³-hybridized carbons (Fsp3) is 0.267. The van der Waals surface area contributed by atoms with Crippen LogP contribution in [0.25, 0.3) is 21.9 Å². The standard InChI is InChI=1S/C30H31N7O2/c1-19-5-4-6-22-17-31-30(35-27(19)22)34-23-15-25(28-26(16-23)32-20(2)33-28)29(38)36(3)24-9-7-21(8-10-24)18-37-11-13-39-14-12-37/h4-10,15-17H,11-14,18H2,1-3H3,(H,32,33)(H,31,34,35). The Bertz CT molecular complexity index is 1660. The largest absolute Gasteiger partial charge is 0.379 e. The summed E-state index contributed by atoms with van der Waals surface area (Å²) in [5.74, 6) is 1.06. The number of carbonyl (C=O) groups excluding carboxylic acids is 1. The van der Waals surface area contributed by atoms with Gasteiger partial charge in [-0.15, -0.1) is 0 Å². The maximum Gasteiger partial charge on any atom is 0.260 e. The van der Waals surface area contributed by atoms with Gasteiger partial charge in [0.1, 0.15) is 11.3 Å². The molecule has 6 rings (SSSR count). The summed E-state index contributed by atoms with van der Waals surface area (Å²) in [5.41, 5.74) is 6.60. The van der Waals surface area contributed by atoms with Gasteiger partial charge in [0.25, 0.3) is 5.91 Å². The lowest BCUT2D eigenvalue weighted by Crippen LogP contribution is -2.35. The lowest BCUT2D eigenvalue weighted by atomic mass is 10.1. The van der Waals surface area contributed by atoms with Crippen molar-refractivity contribution in [2.45, 2.75) is 20.4 Å². The Kier molecular flexibility index (Phi) is 6.68. The second-order valence-corrected chi connectivity index (χ2v) is 9.99. The molecular formula is C30H31N7O2. The van der Waals surface area contributed by atoms with Crippen LogP contribution in [0.15, 0.2) is 60.8 Å². The smallest absolute Gasteiger partial charge is 0.260 e. The minimum Gasteiger partial charge on any atom is -0.379 e. The first-order chi connectivity index (χ1) is 18.9. The Balaban J connectivity index is 1.27. The summed E-state index contributed by atoms with van der Waals surface area (Å²) in [5, 5.41) is 4.27. The van der Waals surface area contributed by atoms with Crippen LogP contribution < -0.4 is 10.2 Å². The lowest BCUT2D eigenvalue weighted by Gasteiger charge is -2.26. The van der Waals surface area contributed by atoms with Crippen LogP contribution in [0.1, 0.15) is 27.3 Å². The van der Waals surface area contributed by atoms with Crippen LogP contribution in [0.3, 0.4) is 0 Å². The average Bonchev–Trinajstić information content (AvgIpc) is 3.33. The number of nitrogens with one attached hydrogen (secondary N) is 2. The number of para-hydroxylation sites is 1. The van der Waals surface area contributed by atoms with E-state index in [0.717, 1.165) is 66.3 Å². The molecule has 1 amide bonds. The van der Waals surface area contributed by atoms with Crippen molar-refractivity contribution in [1.29, 1.82) is 0 Å². The number of anilines is 3. The number of aromatic amines is 1. The van der Waals surface area contributed by atoms with Crippen molar-refractivity contribution >= 4 is 45.2 Å². The second kappa shape index (κ2) is 10.4. The molecule has 0 unspecified atom stereocenters. The number of imidazole rings is 1. The van der Waals surface area contributed by atoms with Crippen molar-refractivity contribution in [3.05, 3.63) is 83.3 Å². The number of nitrogens with zero attached hydrogens (tertiary/aromatic N) is 5. The van der Waals surface area contributed by atoms with Gasteiger partial charge in [-0.05, 0) is 49.2 Å². The number of aryl methyl sites for hydroxylation is 2. The highest BCUT2D eigenvalue weighted by molar-refractivity contribution is 6.13. The molecule has 0 saturated carbocycles. The van der Waals surface area contributed by atoms with Crippen LogP contribution in [0.5, 0.6) is 0 Å². The number of H-pyrrole nitrogens is 1. The van der Waals surface area contributed by atoms with Crippen LogP contribution in [-0.2, 0) is 11.3 Å². The van der Waals surface area contributed by atoms with Crippen LogP contribution in [0.4, 0.5) is 17.3 Å². The Morgan fingerprint density at radius 1 is 1.05 bits per heavy atom. The van der Waals surface area contributed by atoms with E-state index in [9.17, 15) is 4.79 Å². The molecule has 5 aromatic rings. The number of hydrogen-bond acceptors (Lipinski definition) is 7. The molecule has 39 heavy (non-hydrogen) atoms.